The van der Waals surface area contributed by atoms with Crippen LogP contribution in [0.25, 0.3) is 21.7 Å². The van der Waals surface area contributed by atoms with Crippen molar-refractivity contribution in [2.75, 3.05) is 0 Å². The molecule has 4 aromatic rings. The van der Waals surface area contributed by atoms with E-state index in [1.165, 1.54) is 24.3 Å². The number of pyridine rings is 1. The standard InChI is InChI=1S/C23H13F6NO2/c24-22(25,26)19-13(12-32-14-6-2-1-3-7-14)11-30-20-16-9-5-4-8-15(16)17(10-18(19)20)21(31)23(27,28)29/h1-11H,12H2. The van der Waals surface area contributed by atoms with Crippen molar-refractivity contribution in [2.45, 2.75) is 19.0 Å². The smallest absolute Gasteiger partial charge is 0.454 e. The van der Waals surface area contributed by atoms with Gasteiger partial charge in [0.1, 0.15) is 12.4 Å². The molecule has 0 spiro atoms. The number of nitrogens with zero attached hydrogens (tertiary/aromatic N) is 1. The minimum absolute atomic E-state index is 0.0126. The molecule has 1 heterocycles. The number of aromatic nitrogens is 1. The summed E-state index contributed by atoms with van der Waals surface area (Å²) in [6.45, 7) is -0.517. The van der Waals surface area contributed by atoms with Gasteiger partial charge in [-0.25, -0.2) is 0 Å². The van der Waals surface area contributed by atoms with Gasteiger partial charge >= 0.3 is 12.4 Å². The molecule has 32 heavy (non-hydrogen) atoms. The fourth-order valence-electron chi connectivity index (χ4n) is 3.53. The number of alkyl halides is 6. The van der Waals surface area contributed by atoms with E-state index in [1.807, 2.05) is 0 Å². The number of carbonyl (C=O) groups is 1. The maximum atomic E-state index is 14.1. The van der Waals surface area contributed by atoms with Crippen LogP contribution in [0.3, 0.4) is 0 Å². The zero-order chi connectivity index (χ0) is 23.1. The van der Waals surface area contributed by atoms with E-state index < -0.39 is 41.3 Å². The van der Waals surface area contributed by atoms with Gasteiger partial charge in [-0.05, 0) is 23.6 Å². The Bertz CT molecular complexity index is 1310. The molecular weight excluding hydrogens is 436 g/mol. The van der Waals surface area contributed by atoms with Crippen LogP contribution in [-0.4, -0.2) is 16.9 Å². The Morgan fingerprint density at radius 2 is 1.47 bits per heavy atom. The molecule has 0 aliphatic carbocycles. The van der Waals surface area contributed by atoms with Gasteiger partial charge in [0.25, 0.3) is 5.78 Å². The van der Waals surface area contributed by atoms with Crippen LogP contribution < -0.4 is 4.74 Å². The van der Waals surface area contributed by atoms with E-state index >= 15 is 0 Å². The number of ketones is 1. The van der Waals surface area contributed by atoms with Crippen LogP contribution in [0.4, 0.5) is 26.3 Å². The Morgan fingerprint density at radius 1 is 0.844 bits per heavy atom. The van der Waals surface area contributed by atoms with Gasteiger partial charge in [-0.1, -0.05) is 42.5 Å². The first kappa shape index (κ1) is 21.6. The second kappa shape index (κ2) is 7.81. The monoisotopic (exact) mass is 449 g/mol. The molecule has 0 unspecified atom stereocenters. The third-order valence-corrected chi connectivity index (χ3v) is 4.88. The van der Waals surface area contributed by atoms with Gasteiger partial charge in [-0.3, -0.25) is 9.78 Å². The number of fused-ring (bicyclic) bond motifs is 3. The highest BCUT2D eigenvalue weighted by atomic mass is 19.4. The zero-order valence-electron chi connectivity index (χ0n) is 16.1. The molecule has 0 radical (unpaired) electrons. The first-order valence-corrected chi connectivity index (χ1v) is 9.27. The molecule has 4 rings (SSSR count). The van der Waals surface area contributed by atoms with Gasteiger partial charge in [0.2, 0.25) is 0 Å². The SMILES string of the molecule is O=C(c1cc2c(C(F)(F)F)c(COc3ccccc3)cnc2c2ccccc12)C(F)(F)F. The summed E-state index contributed by atoms with van der Waals surface area (Å²) in [4.78, 5) is 16.1. The number of ether oxygens (including phenoxy) is 1. The largest absolute Gasteiger partial charge is 0.489 e. The second-order valence-corrected chi connectivity index (χ2v) is 6.95. The van der Waals surface area contributed by atoms with E-state index in [1.54, 1.807) is 30.3 Å². The molecule has 0 saturated heterocycles. The molecule has 3 nitrogen and oxygen atoms in total. The lowest BCUT2D eigenvalue weighted by atomic mass is 9.93. The molecule has 3 aromatic carbocycles. The lowest BCUT2D eigenvalue weighted by molar-refractivity contribution is -0.137. The van der Waals surface area contributed by atoms with Crippen molar-refractivity contribution >= 4 is 27.5 Å². The van der Waals surface area contributed by atoms with Crippen LogP contribution in [0.5, 0.6) is 5.75 Å². The van der Waals surface area contributed by atoms with Crippen molar-refractivity contribution in [1.29, 1.82) is 0 Å². The summed E-state index contributed by atoms with van der Waals surface area (Å²) >= 11 is 0. The van der Waals surface area contributed by atoms with E-state index in [4.69, 9.17) is 4.74 Å². The predicted octanol–water partition coefficient (Wildman–Crippen LogP) is 6.73. The highest BCUT2D eigenvalue weighted by molar-refractivity contribution is 6.18. The van der Waals surface area contributed by atoms with Crippen molar-refractivity contribution in [2.24, 2.45) is 0 Å². The Kier molecular flexibility index (Phi) is 5.28. The van der Waals surface area contributed by atoms with E-state index in [0.717, 1.165) is 6.20 Å². The minimum atomic E-state index is -5.25. The molecule has 0 saturated carbocycles. The molecule has 0 N–H and O–H groups in total. The third-order valence-electron chi connectivity index (χ3n) is 4.88. The fourth-order valence-corrected chi connectivity index (χ4v) is 3.53. The number of rotatable bonds is 4. The number of carbonyl (C=O) groups excluding carboxylic acids is 1. The molecule has 0 fully saturated rings. The summed E-state index contributed by atoms with van der Waals surface area (Å²) in [5.74, 6) is -1.91. The number of Topliss-reactive ketones (excluding diaryl/α,β-unsaturated/α-hetero) is 1. The average molecular weight is 449 g/mol. The molecule has 0 aliphatic rings. The van der Waals surface area contributed by atoms with E-state index in [0.29, 0.717) is 11.8 Å². The summed E-state index contributed by atoms with van der Waals surface area (Å²) in [5.41, 5.74) is -2.58. The van der Waals surface area contributed by atoms with Crippen molar-refractivity contribution in [3.05, 3.63) is 83.6 Å². The quantitative estimate of drug-likeness (QED) is 0.197. The Labute approximate surface area is 177 Å². The average Bonchev–Trinajstić information content (AvgIpc) is 2.75. The van der Waals surface area contributed by atoms with Crippen molar-refractivity contribution in [3.63, 3.8) is 0 Å². The van der Waals surface area contributed by atoms with Gasteiger partial charge in [0.15, 0.2) is 0 Å². The van der Waals surface area contributed by atoms with Crippen LogP contribution in [0.2, 0.25) is 0 Å². The van der Waals surface area contributed by atoms with Gasteiger partial charge < -0.3 is 4.74 Å². The maximum absolute atomic E-state index is 14.1. The van der Waals surface area contributed by atoms with Crippen LogP contribution in [0, 0.1) is 0 Å². The summed E-state index contributed by atoms with van der Waals surface area (Å²) < 4.78 is 87.2. The summed E-state index contributed by atoms with van der Waals surface area (Å²) in [6, 6.07) is 14.1. The van der Waals surface area contributed by atoms with Gasteiger partial charge in [0.05, 0.1) is 11.1 Å². The Hall–Kier alpha value is -3.62. The van der Waals surface area contributed by atoms with E-state index in [9.17, 15) is 31.1 Å². The number of benzene rings is 3. The predicted molar refractivity (Wildman–Crippen MR) is 105 cm³/mol. The lowest BCUT2D eigenvalue weighted by Crippen LogP contribution is -2.23. The Morgan fingerprint density at radius 3 is 2.09 bits per heavy atom. The summed E-state index contributed by atoms with van der Waals surface area (Å²) in [5, 5.41) is -0.715. The van der Waals surface area contributed by atoms with Crippen molar-refractivity contribution in [3.8, 4) is 5.75 Å². The van der Waals surface area contributed by atoms with Gasteiger partial charge in [-0.15, -0.1) is 0 Å². The Balaban J connectivity index is 1.98. The highest BCUT2D eigenvalue weighted by Crippen LogP contribution is 2.41. The number of para-hydroxylation sites is 1. The maximum Gasteiger partial charge on any atom is 0.454 e. The summed E-state index contributed by atoms with van der Waals surface area (Å²) in [7, 11) is 0. The molecule has 9 heteroatoms. The fraction of sp³-hybridized carbons (Fsp3) is 0.130. The van der Waals surface area contributed by atoms with Crippen LogP contribution in [0.15, 0.2) is 66.9 Å². The minimum Gasteiger partial charge on any atom is -0.489 e. The van der Waals surface area contributed by atoms with Gasteiger partial charge in [-0.2, -0.15) is 26.3 Å². The molecular formula is C23H13F6NO2. The molecule has 0 aliphatic heterocycles. The van der Waals surface area contributed by atoms with Crippen molar-refractivity contribution < 1.29 is 35.9 Å². The van der Waals surface area contributed by atoms with Crippen molar-refractivity contribution in [1.82, 2.24) is 4.98 Å². The molecule has 0 bridgehead atoms. The third kappa shape index (κ3) is 3.98. The topological polar surface area (TPSA) is 39.2 Å². The molecule has 164 valence electrons. The first-order chi connectivity index (χ1) is 15.1. The van der Waals surface area contributed by atoms with Crippen LogP contribution in [-0.2, 0) is 12.8 Å². The number of hydrogen-bond acceptors (Lipinski definition) is 3. The molecule has 1 aromatic heterocycles. The zero-order valence-corrected chi connectivity index (χ0v) is 16.1. The van der Waals surface area contributed by atoms with E-state index in [2.05, 4.69) is 4.98 Å². The van der Waals surface area contributed by atoms with Crippen LogP contribution >= 0.6 is 0 Å². The number of hydrogen-bond donors (Lipinski definition) is 0. The number of halogens is 6. The van der Waals surface area contributed by atoms with Gasteiger partial charge in [0, 0.05) is 28.1 Å². The summed E-state index contributed by atoms with van der Waals surface area (Å²) in [6.07, 6.45) is -9.19. The molecule has 0 atom stereocenters. The lowest BCUT2D eigenvalue weighted by Gasteiger charge is -2.18. The highest BCUT2D eigenvalue weighted by Gasteiger charge is 2.42. The molecule has 0 amide bonds. The van der Waals surface area contributed by atoms with Crippen LogP contribution in [0.1, 0.15) is 21.5 Å². The second-order valence-electron chi connectivity index (χ2n) is 6.95. The van der Waals surface area contributed by atoms with E-state index in [-0.39, 0.29) is 21.9 Å². The normalized spacial score (nSPS) is 12.3. The first-order valence-electron chi connectivity index (χ1n) is 9.27.